The molecule has 4 rings (SSSR count). The third-order valence-electron chi connectivity index (χ3n) is 4.41. The van der Waals surface area contributed by atoms with E-state index in [1.165, 1.54) is 23.3 Å². The summed E-state index contributed by atoms with van der Waals surface area (Å²) in [5.41, 5.74) is 8.39. The number of aromatic nitrogens is 2. The third-order valence-corrected chi connectivity index (χ3v) is 5.37. The van der Waals surface area contributed by atoms with E-state index in [0.29, 0.717) is 5.95 Å². The van der Waals surface area contributed by atoms with Crippen LogP contribution in [0.4, 0.5) is 11.8 Å². The molecule has 0 amide bonds. The maximum absolute atomic E-state index is 5.94. The number of fused-ring (bicyclic) bond motifs is 1. The Balaban J connectivity index is 1.65. The largest absolute Gasteiger partial charge is 0.369 e. The molecule has 1 fully saturated rings. The molecule has 1 aliphatic heterocycles. The Morgan fingerprint density at radius 1 is 1.27 bits per heavy atom. The number of ether oxygens (including phenoxy) is 1. The zero-order chi connectivity index (χ0) is 14.9. The highest BCUT2D eigenvalue weighted by Gasteiger charge is 2.27. The second-order valence-electron chi connectivity index (χ2n) is 5.86. The molecule has 116 valence electrons. The highest BCUT2D eigenvalue weighted by atomic mass is 32.1. The topological polar surface area (TPSA) is 64.3 Å². The van der Waals surface area contributed by atoms with Gasteiger partial charge in [-0.3, -0.25) is 0 Å². The standard InChI is InChI=1S/C16H20N4OS/c17-16-18-12-5-2-1-4-11(12)15(19-16)20-7-8-21-13(10-20)14-6-3-9-22-14/h3,6,9,13H,1-2,4-5,7-8,10H2,(H2,17,18,19). The first-order valence-electron chi connectivity index (χ1n) is 7.86. The second-order valence-corrected chi connectivity index (χ2v) is 6.84. The maximum atomic E-state index is 5.94. The van der Waals surface area contributed by atoms with Crippen molar-refractivity contribution >= 4 is 23.1 Å². The summed E-state index contributed by atoms with van der Waals surface area (Å²) in [6.45, 7) is 2.43. The third kappa shape index (κ3) is 2.57. The SMILES string of the molecule is Nc1nc2c(c(N3CCOC(c4cccs4)C3)n1)CCCC2. The zero-order valence-corrected chi connectivity index (χ0v) is 13.3. The minimum atomic E-state index is 0.129. The molecule has 1 saturated heterocycles. The van der Waals surface area contributed by atoms with Gasteiger partial charge in [-0.05, 0) is 37.1 Å². The van der Waals surface area contributed by atoms with Gasteiger partial charge in [-0.2, -0.15) is 4.98 Å². The van der Waals surface area contributed by atoms with Gasteiger partial charge in [-0.1, -0.05) is 6.07 Å². The number of nitrogen functional groups attached to an aromatic ring is 1. The van der Waals surface area contributed by atoms with Crippen LogP contribution in [-0.2, 0) is 17.6 Å². The molecular formula is C16H20N4OS. The average molecular weight is 316 g/mol. The van der Waals surface area contributed by atoms with Gasteiger partial charge < -0.3 is 15.4 Å². The number of morpholine rings is 1. The fourth-order valence-corrected chi connectivity index (χ4v) is 4.11. The van der Waals surface area contributed by atoms with Crippen molar-refractivity contribution in [1.82, 2.24) is 9.97 Å². The highest BCUT2D eigenvalue weighted by Crippen LogP contribution is 2.33. The van der Waals surface area contributed by atoms with Gasteiger partial charge in [0, 0.05) is 17.0 Å². The number of nitrogens with two attached hydrogens (primary N) is 1. The van der Waals surface area contributed by atoms with E-state index in [1.807, 2.05) is 0 Å². The van der Waals surface area contributed by atoms with E-state index in [1.54, 1.807) is 11.3 Å². The molecule has 0 aromatic carbocycles. The first-order valence-corrected chi connectivity index (χ1v) is 8.74. The van der Waals surface area contributed by atoms with Gasteiger partial charge in [0.05, 0.1) is 18.8 Å². The Labute approximate surface area is 134 Å². The molecule has 3 heterocycles. The molecule has 6 heteroatoms. The van der Waals surface area contributed by atoms with Gasteiger partial charge in [0.2, 0.25) is 5.95 Å². The normalized spacial score (nSPS) is 21.6. The summed E-state index contributed by atoms with van der Waals surface area (Å²) in [5, 5.41) is 2.10. The highest BCUT2D eigenvalue weighted by molar-refractivity contribution is 7.10. The Hall–Kier alpha value is -1.66. The molecule has 22 heavy (non-hydrogen) atoms. The van der Waals surface area contributed by atoms with Crippen molar-refractivity contribution in [2.45, 2.75) is 31.8 Å². The first kappa shape index (κ1) is 14.0. The van der Waals surface area contributed by atoms with Crippen molar-refractivity contribution in [3.05, 3.63) is 33.6 Å². The molecule has 0 saturated carbocycles. The molecule has 5 nitrogen and oxygen atoms in total. The van der Waals surface area contributed by atoms with E-state index >= 15 is 0 Å². The summed E-state index contributed by atoms with van der Waals surface area (Å²) in [5.74, 6) is 1.43. The predicted molar refractivity (Wildman–Crippen MR) is 88.3 cm³/mol. The smallest absolute Gasteiger partial charge is 0.222 e. The van der Waals surface area contributed by atoms with Crippen LogP contribution in [0.5, 0.6) is 0 Å². The Morgan fingerprint density at radius 3 is 3.05 bits per heavy atom. The molecule has 0 spiro atoms. The van der Waals surface area contributed by atoms with Crippen molar-refractivity contribution in [2.75, 3.05) is 30.3 Å². The van der Waals surface area contributed by atoms with Crippen molar-refractivity contribution in [2.24, 2.45) is 0 Å². The second kappa shape index (κ2) is 5.85. The van der Waals surface area contributed by atoms with Gasteiger partial charge in [0.15, 0.2) is 0 Å². The van der Waals surface area contributed by atoms with E-state index in [9.17, 15) is 0 Å². The molecule has 2 aromatic rings. The number of thiophene rings is 1. The lowest BCUT2D eigenvalue weighted by Gasteiger charge is -2.35. The van der Waals surface area contributed by atoms with Crippen LogP contribution in [0.15, 0.2) is 17.5 Å². The van der Waals surface area contributed by atoms with E-state index in [0.717, 1.165) is 44.0 Å². The summed E-state index contributed by atoms with van der Waals surface area (Å²) in [7, 11) is 0. The number of aryl methyl sites for hydroxylation is 1. The van der Waals surface area contributed by atoms with E-state index < -0.39 is 0 Å². The maximum Gasteiger partial charge on any atom is 0.222 e. The van der Waals surface area contributed by atoms with Crippen molar-refractivity contribution < 1.29 is 4.74 Å². The molecule has 2 N–H and O–H groups in total. The van der Waals surface area contributed by atoms with Crippen LogP contribution in [0.3, 0.4) is 0 Å². The minimum absolute atomic E-state index is 0.129. The zero-order valence-electron chi connectivity index (χ0n) is 12.5. The Morgan fingerprint density at radius 2 is 2.18 bits per heavy atom. The molecule has 2 aromatic heterocycles. The van der Waals surface area contributed by atoms with Crippen molar-refractivity contribution in [3.63, 3.8) is 0 Å². The summed E-state index contributed by atoms with van der Waals surface area (Å²) in [4.78, 5) is 12.6. The lowest BCUT2D eigenvalue weighted by atomic mass is 9.96. The average Bonchev–Trinajstić information content (AvgIpc) is 3.09. The summed E-state index contributed by atoms with van der Waals surface area (Å²) in [6, 6.07) is 4.22. The Kier molecular flexibility index (Phi) is 3.72. The molecular weight excluding hydrogens is 296 g/mol. The number of nitrogens with zero attached hydrogens (tertiary/aromatic N) is 3. The van der Waals surface area contributed by atoms with E-state index in [4.69, 9.17) is 10.5 Å². The molecule has 1 aliphatic carbocycles. The quantitative estimate of drug-likeness (QED) is 0.922. The molecule has 1 atom stereocenters. The van der Waals surface area contributed by atoms with Gasteiger partial charge in [0.1, 0.15) is 11.9 Å². The summed E-state index contributed by atoms with van der Waals surface area (Å²) in [6.07, 6.45) is 4.62. The monoisotopic (exact) mass is 316 g/mol. The molecule has 1 unspecified atom stereocenters. The number of rotatable bonds is 2. The molecule has 0 bridgehead atoms. The number of hydrogen-bond donors (Lipinski definition) is 1. The molecule has 2 aliphatic rings. The van der Waals surface area contributed by atoms with Crippen LogP contribution in [0.25, 0.3) is 0 Å². The van der Waals surface area contributed by atoms with Gasteiger partial charge in [0.25, 0.3) is 0 Å². The fourth-order valence-electron chi connectivity index (χ4n) is 3.34. The van der Waals surface area contributed by atoms with Gasteiger partial charge in [-0.25, -0.2) is 4.98 Å². The number of anilines is 2. The van der Waals surface area contributed by atoms with Gasteiger partial charge >= 0.3 is 0 Å². The summed E-state index contributed by atoms with van der Waals surface area (Å²) >= 11 is 1.75. The fraction of sp³-hybridized carbons (Fsp3) is 0.500. The van der Waals surface area contributed by atoms with Gasteiger partial charge in [-0.15, -0.1) is 11.3 Å². The van der Waals surface area contributed by atoms with Crippen LogP contribution in [0, 0.1) is 0 Å². The lowest BCUT2D eigenvalue weighted by Crippen LogP contribution is -2.39. The number of hydrogen-bond acceptors (Lipinski definition) is 6. The first-order chi connectivity index (χ1) is 10.8. The lowest BCUT2D eigenvalue weighted by molar-refractivity contribution is 0.0418. The minimum Gasteiger partial charge on any atom is -0.369 e. The summed E-state index contributed by atoms with van der Waals surface area (Å²) < 4.78 is 5.94. The van der Waals surface area contributed by atoms with E-state index in [2.05, 4.69) is 32.4 Å². The molecule has 0 radical (unpaired) electrons. The van der Waals surface area contributed by atoms with Crippen LogP contribution < -0.4 is 10.6 Å². The van der Waals surface area contributed by atoms with Crippen LogP contribution >= 0.6 is 11.3 Å². The van der Waals surface area contributed by atoms with Crippen molar-refractivity contribution in [1.29, 1.82) is 0 Å². The van der Waals surface area contributed by atoms with E-state index in [-0.39, 0.29) is 6.10 Å². The Bertz CT molecular complexity index is 658. The van der Waals surface area contributed by atoms with Crippen molar-refractivity contribution in [3.8, 4) is 0 Å². The van der Waals surface area contributed by atoms with Crippen LogP contribution in [0.2, 0.25) is 0 Å². The van der Waals surface area contributed by atoms with Crippen LogP contribution in [-0.4, -0.2) is 29.7 Å². The van der Waals surface area contributed by atoms with Crippen LogP contribution in [0.1, 0.15) is 35.1 Å². The predicted octanol–water partition coefficient (Wildman–Crippen LogP) is 2.58.